The Labute approximate surface area is 208 Å². The van der Waals surface area contributed by atoms with Crippen molar-refractivity contribution in [1.82, 2.24) is 19.2 Å². The van der Waals surface area contributed by atoms with Gasteiger partial charge in [-0.05, 0) is 62.1 Å². The molecule has 9 heteroatoms. The lowest BCUT2D eigenvalue weighted by Crippen LogP contribution is -2.29. The van der Waals surface area contributed by atoms with Crippen LogP contribution in [0.15, 0.2) is 58.5 Å². The van der Waals surface area contributed by atoms with E-state index in [9.17, 15) is 9.59 Å². The summed E-state index contributed by atoms with van der Waals surface area (Å²) < 4.78 is 3.57. The van der Waals surface area contributed by atoms with E-state index in [2.05, 4.69) is 39.5 Å². The number of unbranched alkanes of at least 4 members (excludes halogenated alkanes) is 1. The topological polar surface area (TPSA) is 84.5 Å². The van der Waals surface area contributed by atoms with Crippen LogP contribution in [0.25, 0.3) is 16.7 Å². The molecule has 0 bridgehead atoms. The average molecular weight is 491 g/mol. The average Bonchev–Trinajstić information content (AvgIpc) is 3.32. The molecule has 0 radical (unpaired) electrons. The quantitative estimate of drug-likeness (QED) is 0.365. The number of aryl methyl sites for hydroxylation is 1. The number of amides is 1. The second-order valence-corrected chi connectivity index (χ2v) is 9.82. The number of carbonyl (C=O) groups is 1. The van der Waals surface area contributed by atoms with Crippen molar-refractivity contribution in [2.45, 2.75) is 50.7 Å². The fraction of sp³-hybridized carbons (Fsp3) is 0.385. The van der Waals surface area contributed by atoms with Gasteiger partial charge in [0.25, 0.3) is 5.56 Å². The minimum atomic E-state index is -0.110. The number of fused-ring (bicyclic) bond motifs is 3. The van der Waals surface area contributed by atoms with E-state index >= 15 is 0 Å². The van der Waals surface area contributed by atoms with Crippen LogP contribution in [-0.2, 0) is 11.3 Å². The number of carbonyl (C=O) groups excluding carboxylic acids is 1. The fourth-order valence-corrected chi connectivity index (χ4v) is 5.32. The SMILES string of the molecule is CCCCn1c(=O)c2ccccc2n2c(SCC(=O)Nc3ccc(N4CCCCC4)cc3)nnc12. The summed E-state index contributed by atoms with van der Waals surface area (Å²) in [5.74, 6) is 0.594. The van der Waals surface area contributed by atoms with Gasteiger partial charge in [0.2, 0.25) is 11.7 Å². The van der Waals surface area contributed by atoms with Gasteiger partial charge in [-0.1, -0.05) is 37.2 Å². The predicted molar refractivity (Wildman–Crippen MR) is 142 cm³/mol. The van der Waals surface area contributed by atoms with Gasteiger partial charge in [-0.3, -0.25) is 18.6 Å². The summed E-state index contributed by atoms with van der Waals surface area (Å²) in [6.45, 7) is 4.86. The number of nitrogens with zero attached hydrogens (tertiary/aromatic N) is 5. The van der Waals surface area contributed by atoms with Crippen molar-refractivity contribution in [2.24, 2.45) is 0 Å². The highest BCUT2D eigenvalue weighted by Crippen LogP contribution is 2.24. The first-order chi connectivity index (χ1) is 17.2. The zero-order valence-electron chi connectivity index (χ0n) is 19.9. The Kier molecular flexibility index (Phi) is 7.03. The number of thioether (sulfide) groups is 1. The molecule has 3 heterocycles. The minimum absolute atomic E-state index is 0.0590. The highest BCUT2D eigenvalue weighted by atomic mass is 32.2. The van der Waals surface area contributed by atoms with Gasteiger partial charge in [0.05, 0.1) is 16.7 Å². The normalized spacial score (nSPS) is 14.0. The van der Waals surface area contributed by atoms with E-state index in [1.807, 2.05) is 40.8 Å². The van der Waals surface area contributed by atoms with Crippen molar-refractivity contribution < 1.29 is 4.79 Å². The Morgan fingerprint density at radius 2 is 1.80 bits per heavy atom. The first-order valence-corrected chi connectivity index (χ1v) is 13.3. The molecule has 1 fully saturated rings. The van der Waals surface area contributed by atoms with Crippen LogP contribution < -0.4 is 15.8 Å². The minimum Gasteiger partial charge on any atom is -0.372 e. The molecule has 8 nitrogen and oxygen atoms in total. The molecule has 2 aromatic carbocycles. The zero-order valence-corrected chi connectivity index (χ0v) is 20.8. The molecule has 4 aromatic rings. The standard InChI is InChI=1S/C26H30N6O2S/c1-2-3-17-31-24(34)21-9-5-6-10-22(21)32-25(31)28-29-26(32)35-18-23(33)27-19-11-13-20(14-12-19)30-15-7-4-8-16-30/h5-6,9-14H,2-4,7-8,15-18H2,1H3,(H,27,33). The van der Waals surface area contributed by atoms with Crippen molar-refractivity contribution in [3.8, 4) is 0 Å². The van der Waals surface area contributed by atoms with Crippen molar-refractivity contribution in [3.05, 3.63) is 58.9 Å². The van der Waals surface area contributed by atoms with Crippen LogP contribution in [0.2, 0.25) is 0 Å². The number of hydrogen-bond donors (Lipinski definition) is 1. The monoisotopic (exact) mass is 490 g/mol. The molecule has 5 rings (SSSR count). The third-order valence-corrected chi connectivity index (χ3v) is 7.35. The Morgan fingerprint density at radius 1 is 1.03 bits per heavy atom. The molecular formula is C26H30N6O2S. The number of benzene rings is 2. The van der Waals surface area contributed by atoms with Crippen LogP contribution in [0.5, 0.6) is 0 Å². The van der Waals surface area contributed by atoms with Crippen LogP contribution >= 0.6 is 11.8 Å². The van der Waals surface area contributed by atoms with Gasteiger partial charge in [-0.2, -0.15) is 0 Å². The van der Waals surface area contributed by atoms with E-state index in [0.29, 0.717) is 22.9 Å². The van der Waals surface area contributed by atoms with Gasteiger partial charge >= 0.3 is 0 Å². The molecule has 1 aliphatic rings. The molecule has 0 aliphatic carbocycles. The van der Waals surface area contributed by atoms with Gasteiger partial charge in [-0.25, -0.2) is 0 Å². The highest BCUT2D eigenvalue weighted by molar-refractivity contribution is 7.99. The van der Waals surface area contributed by atoms with Crippen LogP contribution in [-0.4, -0.2) is 43.9 Å². The number of piperidine rings is 1. The van der Waals surface area contributed by atoms with E-state index in [1.165, 1.54) is 36.7 Å². The molecule has 0 unspecified atom stereocenters. The number of hydrogen-bond acceptors (Lipinski definition) is 6. The van der Waals surface area contributed by atoms with Crippen molar-refractivity contribution >= 4 is 45.7 Å². The fourth-order valence-electron chi connectivity index (χ4n) is 4.58. The van der Waals surface area contributed by atoms with Gasteiger partial charge < -0.3 is 10.2 Å². The summed E-state index contributed by atoms with van der Waals surface area (Å²) in [6.07, 6.45) is 5.62. The molecule has 182 valence electrons. The lowest BCUT2D eigenvalue weighted by Gasteiger charge is -2.28. The Hall–Kier alpha value is -3.33. The second kappa shape index (κ2) is 10.5. The molecule has 1 N–H and O–H groups in total. The highest BCUT2D eigenvalue weighted by Gasteiger charge is 2.17. The molecule has 1 amide bonds. The predicted octanol–water partition coefficient (Wildman–Crippen LogP) is 4.57. The van der Waals surface area contributed by atoms with E-state index in [-0.39, 0.29) is 17.2 Å². The van der Waals surface area contributed by atoms with Crippen molar-refractivity contribution in [1.29, 1.82) is 0 Å². The van der Waals surface area contributed by atoms with Crippen molar-refractivity contribution in [2.75, 3.05) is 29.1 Å². The van der Waals surface area contributed by atoms with Gasteiger partial charge in [0.1, 0.15) is 0 Å². The Bertz CT molecular complexity index is 1390. The first kappa shape index (κ1) is 23.4. The van der Waals surface area contributed by atoms with E-state index in [0.717, 1.165) is 37.1 Å². The molecule has 0 saturated carbocycles. The molecule has 2 aromatic heterocycles. The lowest BCUT2D eigenvalue weighted by atomic mass is 10.1. The van der Waals surface area contributed by atoms with E-state index in [1.54, 1.807) is 4.57 Å². The molecule has 1 saturated heterocycles. The smallest absolute Gasteiger partial charge is 0.262 e. The maximum atomic E-state index is 13.1. The van der Waals surface area contributed by atoms with Crippen LogP contribution in [0.1, 0.15) is 39.0 Å². The number of aromatic nitrogens is 4. The van der Waals surface area contributed by atoms with Crippen LogP contribution in [0, 0.1) is 0 Å². The van der Waals surface area contributed by atoms with Gasteiger partial charge in [0, 0.05) is 31.0 Å². The zero-order chi connectivity index (χ0) is 24.2. The Morgan fingerprint density at radius 3 is 2.57 bits per heavy atom. The van der Waals surface area contributed by atoms with Crippen LogP contribution in [0.4, 0.5) is 11.4 Å². The number of rotatable bonds is 8. The second-order valence-electron chi connectivity index (χ2n) is 8.88. The third-order valence-electron chi connectivity index (χ3n) is 6.42. The first-order valence-electron chi connectivity index (χ1n) is 12.3. The summed E-state index contributed by atoms with van der Waals surface area (Å²) in [5, 5.41) is 12.8. The van der Waals surface area contributed by atoms with E-state index < -0.39 is 0 Å². The molecule has 1 aliphatic heterocycles. The van der Waals surface area contributed by atoms with Gasteiger partial charge in [0.15, 0.2) is 5.16 Å². The summed E-state index contributed by atoms with van der Waals surface area (Å²) in [6, 6.07) is 15.5. The number of nitrogens with one attached hydrogen (secondary N) is 1. The van der Waals surface area contributed by atoms with Crippen molar-refractivity contribution in [3.63, 3.8) is 0 Å². The maximum Gasteiger partial charge on any atom is 0.262 e. The number of anilines is 2. The van der Waals surface area contributed by atoms with E-state index in [4.69, 9.17) is 0 Å². The molecule has 0 spiro atoms. The molecule has 35 heavy (non-hydrogen) atoms. The molecular weight excluding hydrogens is 460 g/mol. The third kappa shape index (κ3) is 4.91. The number of para-hydroxylation sites is 1. The Balaban J connectivity index is 1.32. The molecule has 0 atom stereocenters. The largest absolute Gasteiger partial charge is 0.372 e. The van der Waals surface area contributed by atoms with Crippen LogP contribution in [0.3, 0.4) is 0 Å². The summed E-state index contributed by atoms with van der Waals surface area (Å²) in [5.41, 5.74) is 2.67. The lowest BCUT2D eigenvalue weighted by molar-refractivity contribution is -0.113. The summed E-state index contributed by atoms with van der Waals surface area (Å²) in [7, 11) is 0. The summed E-state index contributed by atoms with van der Waals surface area (Å²) >= 11 is 1.32. The maximum absolute atomic E-state index is 13.1. The van der Waals surface area contributed by atoms with Gasteiger partial charge in [-0.15, -0.1) is 10.2 Å². The summed E-state index contributed by atoms with van der Waals surface area (Å²) in [4.78, 5) is 28.2.